The van der Waals surface area contributed by atoms with Crippen LogP contribution in [0.15, 0.2) is 18.2 Å². The summed E-state index contributed by atoms with van der Waals surface area (Å²) in [4.78, 5) is 14.5. The molecule has 0 aromatic heterocycles. The van der Waals surface area contributed by atoms with Gasteiger partial charge in [0.05, 0.1) is 19.8 Å². The largest absolute Gasteiger partial charge is 0.497 e. The van der Waals surface area contributed by atoms with E-state index in [-0.39, 0.29) is 29.8 Å². The molecule has 0 bridgehead atoms. The third-order valence-electron chi connectivity index (χ3n) is 5.28. The molecule has 0 aliphatic carbocycles. The normalized spacial score (nSPS) is 26.7. The number of hydrogen-bond donors (Lipinski definition) is 2. The first-order valence-electron chi connectivity index (χ1n) is 9.36. The van der Waals surface area contributed by atoms with Crippen LogP contribution in [0.5, 0.6) is 5.75 Å². The summed E-state index contributed by atoms with van der Waals surface area (Å²) in [5.41, 5.74) is 6.95. The lowest BCUT2D eigenvalue weighted by Gasteiger charge is -2.36. The molecule has 2 aliphatic heterocycles. The first kappa shape index (κ1) is 19.1. The van der Waals surface area contributed by atoms with E-state index in [0.29, 0.717) is 17.9 Å². The highest BCUT2D eigenvalue weighted by Crippen LogP contribution is 2.31. The maximum Gasteiger partial charge on any atom is 0.323 e. The van der Waals surface area contributed by atoms with Crippen LogP contribution in [0.25, 0.3) is 0 Å². The van der Waals surface area contributed by atoms with E-state index >= 15 is 0 Å². The van der Waals surface area contributed by atoms with E-state index in [4.69, 9.17) is 9.47 Å². The second-order valence-corrected chi connectivity index (χ2v) is 6.91. The van der Waals surface area contributed by atoms with Gasteiger partial charge in [0.25, 0.3) is 0 Å². The number of nitrogens with one attached hydrogen (secondary N) is 2. The maximum atomic E-state index is 14.5. The number of hydrogen-bond acceptors (Lipinski definition) is 6. The van der Waals surface area contributed by atoms with Crippen molar-refractivity contribution in [3.8, 4) is 5.75 Å². The molecule has 6 nitrogen and oxygen atoms in total. The minimum Gasteiger partial charge on any atom is -0.497 e. The number of ether oxygens (including phenoxy) is 2. The van der Waals surface area contributed by atoms with Crippen LogP contribution in [0, 0.1) is 11.7 Å². The van der Waals surface area contributed by atoms with Gasteiger partial charge in [-0.3, -0.25) is 15.1 Å². The van der Waals surface area contributed by atoms with Gasteiger partial charge in [-0.05, 0) is 32.4 Å². The Balaban J connectivity index is 1.72. The number of hydrazine groups is 1. The number of carbonyl (C=O) groups is 1. The Kier molecular flexibility index (Phi) is 6.45. The SMILES string of the molecule is CCOC(=O)C1CCCCN1CC1CNNC1c1ccc(OC)cc1F. The third kappa shape index (κ3) is 4.16. The molecule has 2 aliphatic rings. The molecule has 0 radical (unpaired) electrons. The van der Waals surface area contributed by atoms with Crippen LogP contribution in [-0.2, 0) is 9.53 Å². The van der Waals surface area contributed by atoms with E-state index in [0.717, 1.165) is 38.9 Å². The predicted octanol–water partition coefficient (Wildman–Crippen LogP) is 2.02. The van der Waals surface area contributed by atoms with Crippen LogP contribution in [0.4, 0.5) is 4.39 Å². The number of benzene rings is 1. The molecule has 0 saturated carbocycles. The van der Waals surface area contributed by atoms with E-state index in [1.165, 1.54) is 13.2 Å². The number of carbonyl (C=O) groups excluding carboxylic acids is 1. The summed E-state index contributed by atoms with van der Waals surface area (Å²) in [5.74, 6) is 0.245. The van der Waals surface area contributed by atoms with E-state index < -0.39 is 0 Å². The Morgan fingerprint density at radius 2 is 2.23 bits per heavy atom. The molecule has 3 unspecified atom stereocenters. The van der Waals surface area contributed by atoms with Crippen molar-refractivity contribution in [3.05, 3.63) is 29.6 Å². The first-order chi connectivity index (χ1) is 12.6. The van der Waals surface area contributed by atoms with Crippen molar-refractivity contribution in [2.75, 3.05) is 33.4 Å². The van der Waals surface area contributed by atoms with Crippen molar-refractivity contribution in [1.82, 2.24) is 15.8 Å². The summed E-state index contributed by atoms with van der Waals surface area (Å²) >= 11 is 0. The summed E-state index contributed by atoms with van der Waals surface area (Å²) in [6.07, 6.45) is 2.94. The zero-order chi connectivity index (χ0) is 18.5. The van der Waals surface area contributed by atoms with Crippen LogP contribution in [0.1, 0.15) is 37.8 Å². The standard InChI is InChI=1S/C19H28FN3O3/c1-3-26-19(24)17-6-4-5-9-23(17)12-13-11-21-22-18(13)15-8-7-14(25-2)10-16(15)20/h7-8,10,13,17-18,21-22H,3-6,9,11-12H2,1-2H3. The Hall–Kier alpha value is -1.70. The van der Waals surface area contributed by atoms with Gasteiger partial charge >= 0.3 is 5.97 Å². The number of rotatable bonds is 6. The summed E-state index contributed by atoms with van der Waals surface area (Å²) in [5, 5.41) is 0. The average Bonchev–Trinajstić information content (AvgIpc) is 3.10. The lowest BCUT2D eigenvalue weighted by atomic mass is 9.92. The molecule has 1 aromatic rings. The van der Waals surface area contributed by atoms with Gasteiger partial charge in [0.15, 0.2) is 0 Å². The summed E-state index contributed by atoms with van der Waals surface area (Å²) in [6, 6.07) is 4.62. The Morgan fingerprint density at radius 3 is 2.96 bits per heavy atom. The molecule has 2 saturated heterocycles. The van der Waals surface area contributed by atoms with E-state index in [1.54, 1.807) is 12.1 Å². The maximum absolute atomic E-state index is 14.5. The quantitative estimate of drug-likeness (QED) is 0.752. The Bertz CT molecular complexity index is 628. The second-order valence-electron chi connectivity index (χ2n) is 6.91. The van der Waals surface area contributed by atoms with Gasteiger partial charge in [-0.15, -0.1) is 0 Å². The smallest absolute Gasteiger partial charge is 0.323 e. The molecule has 1 aromatic carbocycles. The third-order valence-corrected chi connectivity index (χ3v) is 5.28. The fraction of sp³-hybridized carbons (Fsp3) is 0.632. The average molecular weight is 365 g/mol. The molecular weight excluding hydrogens is 337 g/mol. The van der Waals surface area contributed by atoms with Crippen molar-refractivity contribution >= 4 is 5.97 Å². The second kappa shape index (κ2) is 8.79. The minimum atomic E-state index is -0.281. The highest BCUT2D eigenvalue weighted by atomic mass is 19.1. The van der Waals surface area contributed by atoms with Crippen LogP contribution in [0.3, 0.4) is 0 Å². The van der Waals surface area contributed by atoms with Gasteiger partial charge in [-0.2, -0.15) is 0 Å². The van der Waals surface area contributed by atoms with Crippen LogP contribution >= 0.6 is 0 Å². The number of esters is 1. The molecule has 2 N–H and O–H groups in total. The lowest BCUT2D eigenvalue weighted by molar-refractivity contribution is -0.151. The van der Waals surface area contributed by atoms with E-state index in [1.807, 2.05) is 6.92 Å². The van der Waals surface area contributed by atoms with E-state index in [9.17, 15) is 9.18 Å². The van der Waals surface area contributed by atoms with Crippen LogP contribution in [-0.4, -0.2) is 50.3 Å². The van der Waals surface area contributed by atoms with Crippen LogP contribution < -0.4 is 15.6 Å². The molecule has 144 valence electrons. The van der Waals surface area contributed by atoms with Gasteiger partial charge in [-0.1, -0.05) is 12.5 Å². The zero-order valence-electron chi connectivity index (χ0n) is 15.5. The topological polar surface area (TPSA) is 62.8 Å². The van der Waals surface area contributed by atoms with Crippen molar-refractivity contribution in [1.29, 1.82) is 0 Å². The number of halogens is 1. The van der Waals surface area contributed by atoms with Crippen molar-refractivity contribution in [2.24, 2.45) is 5.92 Å². The predicted molar refractivity (Wildman–Crippen MR) is 96.2 cm³/mol. The summed E-state index contributed by atoms with van der Waals surface area (Å²) in [6.45, 7) is 4.55. The molecule has 3 atom stereocenters. The first-order valence-corrected chi connectivity index (χ1v) is 9.36. The zero-order valence-corrected chi connectivity index (χ0v) is 15.5. The number of likely N-dealkylation sites (tertiary alicyclic amines) is 1. The van der Waals surface area contributed by atoms with Gasteiger partial charge in [0.2, 0.25) is 0 Å². The minimum absolute atomic E-state index is 0.140. The van der Waals surface area contributed by atoms with Gasteiger partial charge in [0, 0.05) is 30.6 Å². The fourth-order valence-electron chi connectivity index (χ4n) is 3.94. The molecule has 2 heterocycles. The van der Waals surface area contributed by atoms with E-state index in [2.05, 4.69) is 15.8 Å². The molecular formula is C19H28FN3O3. The molecule has 2 fully saturated rings. The van der Waals surface area contributed by atoms with Gasteiger partial charge < -0.3 is 9.47 Å². The number of methoxy groups -OCH3 is 1. The highest BCUT2D eigenvalue weighted by molar-refractivity contribution is 5.75. The molecule has 7 heteroatoms. The van der Waals surface area contributed by atoms with Gasteiger partial charge in [-0.25, -0.2) is 9.82 Å². The fourth-order valence-corrected chi connectivity index (χ4v) is 3.94. The molecule has 0 spiro atoms. The van der Waals surface area contributed by atoms with Crippen molar-refractivity contribution in [2.45, 2.75) is 38.3 Å². The molecule has 0 amide bonds. The van der Waals surface area contributed by atoms with Crippen molar-refractivity contribution in [3.63, 3.8) is 0 Å². The number of piperidine rings is 1. The summed E-state index contributed by atoms with van der Waals surface area (Å²) in [7, 11) is 1.53. The monoisotopic (exact) mass is 365 g/mol. The van der Waals surface area contributed by atoms with Crippen molar-refractivity contribution < 1.29 is 18.7 Å². The summed E-state index contributed by atoms with van der Waals surface area (Å²) < 4.78 is 24.8. The molecule has 26 heavy (non-hydrogen) atoms. The Labute approximate surface area is 154 Å². The highest BCUT2D eigenvalue weighted by Gasteiger charge is 2.36. The lowest BCUT2D eigenvalue weighted by Crippen LogP contribution is -2.48. The van der Waals surface area contributed by atoms with Gasteiger partial charge in [0.1, 0.15) is 17.6 Å². The Morgan fingerprint density at radius 1 is 1.38 bits per heavy atom. The van der Waals surface area contributed by atoms with Crippen LogP contribution in [0.2, 0.25) is 0 Å². The number of nitrogens with zero attached hydrogens (tertiary/aromatic N) is 1. The molecule has 3 rings (SSSR count).